The predicted octanol–water partition coefficient (Wildman–Crippen LogP) is 4.93. The van der Waals surface area contributed by atoms with Gasteiger partial charge >= 0.3 is 0 Å². The van der Waals surface area contributed by atoms with Gasteiger partial charge in [-0.25, -0.2) is 0 Å². The summed E-state index contributed by atoms with van der Waals surface area (Å²) in [7, 11) is 0. The van der Waals surface area contributed by atoms with E-state index in [-0.39, 0.29) is 5.41 Å². The molecule has 0 N–H and O–H groups in total. The van der Waals surface area contributed by atoms with E-state index in [1.54, 1.807) is 0 Å². The highest BCUT2D eigenvalue weighted by Gasteiger charge is 2.43. The highest BCUT2D eigenvalue weighted by molar-refractivity contribution is 5.83. The molecular formula is C25H31NO2. The molecule has 2 fully saturated rings. The summed E-state index contributed by atoms with van der Waals surface area (Å²) in [5.74, 6) is 0.353. The topological polar surface area (TPSA) is 29.5 Å². The SMILES string of the molecule is Cc1cc(C)cc(-c2ccc(CC3(C(=O)N4CCCC4)CCOCC3)cc2)c1. The summed E-state index contributed by atoms with van der Waals surface area (Å²) in [5, 5.41) is 0. The molecule has 2 aliphatic heterocycles. The fourth-order valence-electron chi connectivity index (χ4n) is 4.83. The van der Waals surface area contributed by atoms with Crippen LogP contribution in [0.15, 0.2) is 42.5 Å². The van der Waals surface area contributed by atoms with Crippen molar-refractivity contribution < 1.29 is 9.53 Å². The average Bonchev–Trinajstić information content (AvgIpc) is 3.22. The van der Waals surface area contributed by atoms with Crippen LogP contribution in [0.1, 0.15) is 42.4 Å². The predicted molar refractivity (Wildman–Crippen MR) is 113 cm³/mol. The summed E-state index contributed by atoms with van der Waals surface area (Å²) in [4.78, 5) is 15.5. The van der Waals surface area contributed by atoms with Gasteiger partial charge in [0.15, 0.2) is 0 Å². The number of amides is 1. The van der Waals surface area contributed by atoms with E-state index < -0.39 is 0 Å². The van der Waals surface area contributed by atoms with Crippen molar-refractivity contribution in [2.45, 2.75) is 46.0 Å². The highest BCUT2D eigenvalue weighted by Crippen LogP contribution is 2.38. The van der Waals surface area contributed by atoms with E-state index in [2.05, 4.69) is 61.2 Å². The Hall–Kier alpha value is -2.13. The van der Waals surface area contributed by atoms with E-state index in [0.29, 0.717) is 19.1 Å². The molecule has 0 spiro atoms. The zero-order valence-corrected chi connectivity index (χ0v) is 17.2. The quantitative estimate of drug-likeness (QED) is 0.756. The molecule has 0 aromatic heterocycles. The molecule has 2 saturated heterocycles. The number of ether oxygens (including phenoxy) is 1. The maximum Gasteiger partial charge on any atom is 0.229 e. The van der Waals surface area contributed by atoms with Gasteiger partial charge in [0.1, 0.15) is 0 Å². The minimum Gasteiger partial charge on any atom is -0.381 e. The minimum absolute atomic E-state index is 0.288. The second-order valence-corrected chi connectivity index (χ2v) is 8.64. The fourth-order valence-corrected chi connectivity index (χ4v) is 4.83. The fraction of sp³-hybridized carbons (Fsp3) is 0.480. The molecule has 2 aromatic carbocycles. The van der Waals surface area contributed by atoms with Crippen LogP contribution in [0.2, 0.25) is 0 Å². The zero-order valence-electron chi connectivity index (χ0n) is 17.2. The van der Waals surface area contributed by atoms with E-state index in [0.717, 1.165) is 45.2 Å². The Labute approximate surface area is 168 Å². The van der Waals surface area contributed by atoms with Crippen molar-refractivity contribution >= 4 is 5.91 Å². The number of hydrogen-bond acceptors (Lipinski definition) is 2. The normalized spacial score (nSPS) is 19.0. The van der Waals surface area contributed by atoms with Gasteiger partial charge in [0.25, 0.3) is 0 Å². The Kier molecular flexibility index (Phi) is 5.54. The van der Waals surface area contributed by atoms with Crippen LogP contribution in [0.5, 0.6) is 0 Å². The van der Waals surface area contributed by atoms with Crippen LogP contribution in [0.4, 0.5) is 0 Å². The number of likely N-dealkylation sites (tertiary alicyclic amines) is 1. The first-order valence-corrected chi connectivity index (χ1v) is 10.6. The van der Waals surface area contributed by atoms with Crippen molar-refractivity contribution in [3.63, 3.8) is 0 Å². The maximum atomic E-state index is 13.4. The Bertz CT molecular complexity index is 808. The lowest BCUT2D eigenvalue weighted by Gasteiger charge is -2.38. The highest BCUT2D eigenvalue weighted by atomic mass is 16.5. The van der Waals surface area contributed by atoms with E-state index in [4.69, 9.17) is 4.74 Å². The monoisotopic (exact) mass is 377 g/mol. The Morgan fingerprint density at radius 3 is 2.14 bits per heavy atom. The molecule has 0 bridgehead atoms. The number of carbonyl (C=O) groups excluding carboxylic acids is 1. The summed E-state index contributed by atoms with van der Waals surface area (Å²) < 4.78 is 5.60. The third-order valence-corrected chi connectivity index (χ3v) is 6.35. The number of benzene rings is 2. The molecule has 0 radical (unpaired) electrons. The van der Waals surface area contributed by atoms with Gasteiger partial charge in [-0.3, -0.25) is 4.79 Å². The van der Waals surface area contributed by atoms with Crippen LogP contribution in [0, 0.1) is 19.3 Å². The number of carbonyl (C=O) groups is 1. The smallest absolute Gasteiger partial charge is 0.229 e. The van der Waals surface area contributed by atoms with Crippen LogP contribution in [0.25, 0.3) is 11.1 Å². The molecule has 0 aliphatic carbocycles. The molecule has 1 amide bonds. The molecule has 2 aliphatic rings. The van der Waals surface area contributed by atoms with E-state index in [9.17, 15) is 4.79 Å². The van der Waals surface area contributed by atoms with Crippen LogP contribution in [-0.4, -0.2) is 37.1 Å². The van der Waals surface area contributed by atoms with Gasteiger partial charge < -0.3 is 9.64 Å². The standard InChI is InChI=1S/C25H31NO2/c1-19-15-20(2)17-23(16-19)22-7-5-21(6-8-22)18-25(9-13-28-14-10-25)24(27)26-11-3-4-12-26/h5-8,15-17H,3-4,9-14,18H2,1-2H3. The summed E-state index contributed by atoms with van der Waals surface area (Å²) >= 11 is 0. The molecule has 2 aromatic rings. The van der Waals surface area contributed by atoms with E-state index >= 15 is 0 Å². The van der Waals surface area contributed by atoms with Crippen molar-refractivity contribution in [3.8, 4) is 11.1 Å². The number of nitrogens with zero attached hydrogens (tertiary/aromatic N) is 1. The first-order valence-electron chi connectivity index (χ1n) is 10.6. The van der Waals surface area contributed by atoms with Gasteiger partial charge in [-0.15, -0.1) is 0 Å². The number of hydrogen-bond donors (Lipinski definition) is 0. The molecule has 0 atom stereocenters. The molecule has 2 heterocycles. The van der Waals surface area contributed by atoms with Gasteiger partial charge in [0, 0.05) is 26.3 Å². The second-order valence-electron chi connectivity index (χ2n) is 8.64. The lowest BCUT2D eigenvalue weighted by molar-refractivity contribution is -0.146. The summed E-state index contributed by atoms with van der Waals surface area (Å²) in [6, 6.07) is 15.5. The van der Waals surface area contributed by atoms with Crippen molar-refractivity contribution in [3.05, 3.63) is 59.2 Å². The molecule has 3 nitrogen and oxygen atoms in total. The molecule has 3 heteroatoms. The second kappa shape index (κ2) is 8.08. The van der Waals surface area contributed by atoms with E-state index in [1.165, 1.54) is 27.8 Å². The first-order chi connectivity index (χ1) is 13.6. The molecule has 0 unspecified atom stereocenters. The van der Waals surface area contributed by atoms with Crippen molar-refractivity contribution in [1.29, 1.82) is 0 Å². The maximum absolute atomic E-state index is 13.4. The molecule has 0 saturated carbocycles. The lowest BCUT2D eigenvalue weighted by Crippen LogP contribution is -2.47. The minimum atomic E-state index is -0.288. The van der Waals surface area contributed by atoms with Crippen molar-refractivity contribution in [2.24, 2.45) is 5.41 Å². The zero-order chi connectivity index (χ0) is 19.6. The van der Waals surface area contributed by atoms with Gasteiger partial charge in [0.2, 0.25) is 5.91 Å². The van der Waals surface area contributed by atoms with E-state index in [1.807, 2.05) is 0 Å². The van der Waals surface area contributed by atoms with Gasteiger partial charge in [-0.05, 0) is 62.6 Å². The summed E-state index contributed by atoms with van der Waals surface area (Å²) in [6.45, 7) is 7.52. The van der Waals surface area contributed by atoms with Crippen LogP contribution < -0.4 is 0 Å². The summed E-state index contributed by atoms with van der Waals surface area (Å²) in [6.07, 6.45) is 4.77. The first kappa shape index (κ1) is 19.2. The molecule has 148 valence electrons. The van der Waals surface area contributed by atoms with Crippen LogP contribution in [-0.2, 0) is 16.0 Å². The third kappa shape index (κ3) is 4.00. The summed E-state index contributed by atoms with van der Waals surface area (Å²) in [5.41, 5.74) is 6.04. The van der Waals surface area contributed by atoms with Crippen LogP contribution >= 0.6 is 0 Å². The Morgan fingerprint density at radius 2 is 1.54 bits per heavy atom. The molecular weight excluding hydrogens is 346 g/mol. The third-order valence-electron chi connectivity index (χ3n) is 6.35. The van der Waals surface area contributed by atoms with Crippen molar-refractivity contribution in [2.75, 3.05) is 26.3 Å². The van der Waals surface area contributed by atoms with Crippen molar-refractivity contribution in [1.82, 2.24) is 4.90 Å². The number of aryl methyl sites for hydroxylation is 2. The average molecular weight is 378 g/mol. The number of rotatable bonds is 4. The lowest BCUT2D eigenvalue weighted by atomic mass is 9.74. The Morgan fingerprint density at radius 1 is 0.929 bits per heavy atom. The molecule has 4 rings (SSSR count). The van der Waals surface area contributed by atoms with Gasteiger partial charge in [-0.2, -0.15) is 0 Å². The van der Waals surface area contributed by atoms with Gasteiger partial charge in [-0.1, -0.05) is 53.6 Å². The largest absolute Gasteiger partial charge is 0.381 e. The van der Waals surface area contributed by atoms with Gasteiger partial charge in [0.05, 0.1) is 5.41 Å². The van der Waals surface area contributed by atoms with Crippen LogP contribution in [0.3, 0.4) is 0 Å². The Balaban J connectivity index is 1.56. The molecule has 28 heavy (non-hydrogen) atoms.